The maximum absolute atomic E-state index is 10.6. The largest absolute Gasteiger partial charge is 0.380 e. The molecule has 4 nitrogen and oxygen atoms in total. The van der Waals surface area contributed by atoms with Crippen molar-refractivity contribution in [2.75, 3.05) is 33.1 Å². The Balaban J connectivity index is 3.17. The van der Waals surface area contributed by atoms with Gasteiger partial charge in [-0.25, -0.2) is 4.21 Å². The predicted molar refractivity (Wildman–Crippen MR) is 53.5 cm³/mol. The number of unbranched alkanes of at least 4 members (excludes halogenated alkanes) is 1. The van der Waals surface area contributed by atoms with Gasteiger partial charge in [0.2, 0.25) is 0 Å². The van der Waals surface area contributed by atoms with E-state index < -0.39 is 11.1 Å². The Morgan fingerprint density at radius 1 is 1.38 bits per heavy atom. The molecule has 13 heavy (non-hydrogen) atoms. The van der Waals surface area contributed by atoms with E-state index in [1.807, 2.05) is 0 Å². The maximum Gasteiger partial charge on any atom is 0.170 e. The van der Waals surface area contributed by atoms with Gasteiger partial charge in [-0.1, -0.05) is 13.3 Å². The number of nitrogens with zero attached hydrogens (tertiary/aromatic N) is 1. The summed E-state index contributed by atoms with van der Waals surface area (Å²) in [5.74, 6) is 0. The molecule has 0 radical (unpaired) electrons. The third kappa shape index (κ3) is 9.95. The minimum atomic E-state index is -1.23. The summed E-state index contributed by atoms with van der Waals surface area (Å²) in [5, 5.41) is 1.53. The maximum atomic E-state index is 10.6. The SMILES string of the molecule is CCCCOCCN(C)OS(C)=O. The van der Waals surface area contributed by atoms with Gasteiger partial charge in [-0.05, 0) is 6.42 Å². The van der Waals surface area contributed by atoms with Gasteiger partial charge < -0.3 is 4.74 Å². The van der Waals surface area contributed by atoms with Crippen LogP contribution in [0.5, 0.6) is 0 Å². The fourth-order valence-corrected chi connectivity index (χ4v) is 1.19. The summed E-state index contributed by atoms with van der Waals surface area (Å²) < 4.78 is 20.8. The average Bonchev–Trinajstić information content (AvgIpc) is 2.02. The Bertz CT molecular complexity index is 143. The van der Waals surface area contributed by atoms with Crippen LogP contribution in [-0.4, -0.2) is 42.3 Å². The zero-order chi connectivity index (χ0) is 10.1. The molecule has 0 aromatic rings. The number of hydrogen-bond acceptors (Lipinski definition) is 4. The zero-order valence-corrected chi connectivity index (χ0v) is 9.43. The summed E-state index contributed by atoms with van der Waals surface area (Å²) in [6, 6.07) is 0. The molecular formula is C8H19NO3S. The first-order valence-corrected chi connectivity index (χ1v) is 5.96. The van der Waals surface area contributed by atoms with Crippen molar-refractivity contribution in [1.82, 2.24) is 5.06 Å². The lowest BCUT2D eigenvalue weighted by molar-refractivity contribution is -0.0382. The monoisotopic (exact) mass is 209 g/mol. The van der Waals surface area contributed by atoms with Gasteiger partial charge in [-0.3, -0.25) is 0 Å². The van der Waals surface area contributed by atoms with Gasteiger partial charge in [0.1, 0.15) is 0 Å². The van der Waals surface area contributed by atoms with Crippen molar-refractivity contribution in [3.63, 3.8) is 0 Å². The molecular weight excluding hydrogens is 190 g/mol. The first-order valence-electron chi connectivity index (χ1n) is 4.47. The zero-order valence-electron chi connectivity index (χ0n) is 8.62. The highest BCUT2D eigenvalue weighted by Crippen LogP contribution is 1.91. The lowest BCUT2D eigenvalue weighted by atomic mass is 10.4. The number of rotatable bonds is 8. The number of ether oxygens (including phenoxy) is 1. The molecule has 0 amide bonds. The lowest BCUT2D eigenvalue weighted by Gasteiger charge is -2.13. The van der Waals surface area contributed by atoms with Crippen LogP contribution in [0.1, 0.15) is 19.8 Å². The summed E-state index contributed by atoms with van der Waals surface area (Å²) >= 11 is -1.23. The summed E-state index contributed by atoms with van der Waals surface area (Å²) in [5.41, 5.74) is 0. The second-order valence-electron chi connectivity index (χ2n) is 2.79. The smallest absolute Gasteiger partial charge is 0.170 e. The predicted octanol–water partition coefficient (Wildman–Crippen LogP) is 0.960. The minimum Gasteiger partial charge on any atom is -0.380 e. The normalized spacial score (nSPS) is 13.5. The number of likely N-dealkylation sites (N-methyl/N-ethyl adjacent to an activating group) is 1. The fraction of sp³-hybridized carbons (Fsp3) is 1.00. The van der Waals surface area contributed by atoms with Crippen LogP contribution in [0.4, 0.5) is 0 Å². The molecule has 0 aromatic carbocycles. The summed E-state index contributed by atoms with van der Waals surface area (Å²) in [6.45, 7) is 4.18. The van der Waals surface area contributed by atoms with E-state index in [4.69, 9.17) is 9.02 Å². The Kier molecular flexibility index (Phi) is 8.64. The molecule has 0 N–H and O–H groups in total. The highest BCUT2D eigenvalue weighted by molar-refractivity contribution is 7.79. The molecule has 0 heterocycles. The molecule has 0 aliphatic heterocycles. The van der Waals surface area contributed by atoms with Crippen LogP contribution in [0.2, 0.25) is 0 Å². The number of hydroxylamine groups is 2. The van der Waals surface area contributed by atoms with Crippen molar-refractivity contribution in [3.05, 3.63) is 0 Å². The summed E-state index contributed by atoms with van der Waals surface area (Å²) in [7, 11) is 1.74. The molecule has 0 rings (SSSR count). The second-order valence-corrected chi connectivity index (χ2v) is 3.75. The van der Waals surface area contributed by atoms with Crippen molar-refractivity contribution in [1.29, 1.82) is 0 Å². The van der Waals surface area contributed by atoms with Gasteiger partial charge in [0.05, 0.1) is 6.61 Å². The molecule has 0 spiro atoms. The van der Waals surface area contributed by atoms with E-state index in [9.17, 15) is 4.21 Å². The van der Waals surface area contributed by atoms with Crippen LogP contribution in [-0.2, 0) is 20.1 Å². The van der Waals surface area contributed by atoms with Crippen molar-refractivity contribution in [3.8, 4) is 0 Å². The molecule has 1 atom stereocenters. The molecule has 0 fully saturated rings. The first-order chi connectivity index (χ1) is 6.16. The van der Waals surface area contributed by atoms with E-state index in [-0.39, 0.29) is 0 Å². The van der Waals surface area contributed by atoms with Crippen LogP contribution < -0.4 is 0 Å². The highest BCUT2D eigenvalue weighted by atomic mass is 32.2. The van der Waals surface area contributed by atoms with E-state index in [0.29, 0.717) is 13.2 Å². The van der Waals surface area contributed by atoms with E-state index in [0.717, 1.165) is 19.4 Å². The molecule has 1 unspecified atom stereocenters. The average molecular weight is 209 g/mol. The van der Waals surface area contributed by atoms with Gasteiger partial charge >= 0.3 is 0 Å². The third-order valence-corrected chi connectivity index (χ3v) is 1.89. The van der Waals surface area contributed by atoms with E-state index in [1.54, 1.807) is 7.05 Å². The molecule has 80 valence electrons. The highest BCUT2D eigenvalue weighted by Gasteiger charge is 2.00. The quantitative estimate of drug-likeness (QED) is 0.441. The van der Waals surface area contributed by atoms with Gasteiger partial charge in [-0.2, -0.15) is 9.35 Å². The third-order valence-electron chi connectivity index (χ3n) is 1.42. The van der Waals surface area contributed by atoms with Crippen LogP contribution >= 0.6 is 0 Å². The van der Waals surface area contributed by atoms with Gasteiger partial charge in [0.15, 0.2) is 11.1 Å². The van der Waals surface area contributed by atoms with E-state index in [1.165, 1.54) is 11.3 Å². The van der Waals surface area contributed by atoms with Crippen molar-refractivity contribution in [2.24, 2.45) is 0 Å². The Hall–Kier alpha value is 0.0300. The van der Waals surface area contributed by atoms with Gasteiger partial charge in [-0.15, -0.1) is 0 Å². The standard InChI is InChI=1S/C8H19NO3S/c1-4-5-7-11-8-6-9(2)12-13(3)10/h4-8H2,1-3H3. The molecule has 0 aliphatic rings. The molecule has 0 saturated carbocycles. The first kappa shape index (κ1) is 13.0. The van der Waals surface area contributed by atoms with Gasteiger partial charge in [0, 0.05) is 26.5 Å². The Morgan fingerprint density at radius 3 is 2.62 bits per heavy atom. The van der Waals surface area contributed by atoms with E-state index in [2.05, 4.69) is 6.92 Å². The van der Waals surface area contributed by atoms with Crippen LogP contribution in [0.15, 0.2) is 0 Å². The van der Waals surface area contributed by atoms with Gasteiger partial charge in [0.25, 0.3) is 0 Å². The molecule has 0 aromatic heterocycles. The molecule has 0 saturated heterocycles. The van der Waals surface area contributed by atoms with Crippen molar-refractivity contribution >= 4 is 11.1 Å². The topological polar surface area (TPSA) is 38.8 Å². The van der Waals surface area contributed by atoms with Crippen LogP contribution in [0.3, 0.4) is 0 Å². The molecule has 0 bridgehead atoms. The molecule has 5 heteroatoms. The minimum absolute atomic E-state index is 0.619. The summed E-state index contributed by atoms with van der Waals surface area (Å²) in [4.78, 5) is 0. The lowest BCUT2D eigenvalue weighted by Crippen LogP contribution is -2.24. The van der Waals surface area contributed by atoms with Crippen molar-refractivity contribution in [2.45, 2.75) is 19.8 Å². The second kappa shape index (κ2) is 8.62. The van der Waals surface area contributed by atoms with Crippen molar-refractivity contribution < 1.29 is 13.2 Å². The van der Waals surface area contributed by atoms with Crippen LogP contribution in [0, 0.1) is 0 Å². The summed E-state index contributed by atoms with van der Waals surface area (Å²) in [6.07, 6.45) is 3.73. The van der Waals surface area contributed by atoms with E-state index >= 15 is 0 Å². The van der Waals surface area contributed by atoms with Crippen LogP contribution in [0.25, 0.3) is 0 Å². The fourth-order valence-electron chi connectivity index (χ4n) is 0.758. The Labute approximate surface area is 82.8 Å². The Morgan fingerprint density at radius 2 is 2.08 bits per heavy atom. The number of hydrogen-bond donors (Lipinski definition) is 0. The molecule has 0 aliphatic carbocycles.